The van der Waals surface area contributed by atoms with Gasteiger partial charge < -0.3 is 0 Å². The van der Waals surface area contributed by atoms with Crippen LogP contribution in [-0.2, 0) is 4.89 Å². The van der Waals surface area contributed by atoms with Crippen molar-refractivity contribution in [2.24, 2.45) is 0 Å². The predicted molar refractivity (Wildman–Crippen MR) is 53.0 cm³/mol. The van der Waals surface area contributed by atoms with Crippen LogP contribution in [0.25, 0.3) is 0 Å². The van der Waals surface area contributed by atoms with Gasteiger partial charge in [0.1, 0.15) is 0 Å². The molecule has 0 aliphatic heterocycles. The van der Waals surface area contributed by atoms with Crippen molar-refractivity contribution in [3.8, 4) is 0 Å². The van der Waals surface area contributed by atoms with E-state index in [2.05, 4.69) is 25.7 Å². The lowest BCUT2D eigenvalue weighted by Crippen LogP contribution is -2.04. The molecule has 0 aromatic heterocycles. The van der Waals surface area contributed by atoms with Crippen LogP contribution in [0.3, 0.4) is 0 Å². The van der Waals surface area contributed by atoms with Crippen LogP contribution in [0.5, 0.6) is 0 Å². The molecule has 0 aliphatic rings. The molecule has 0 fully saturated rings. The number of rotatable bonds is 5. The minimum absolute atomic E-state index is 0.324. The smallest absolute Gasteiger partial charge is 0.0827 e. The topological polar surface area (TPSA) is 29.5 Å². The minimum atomic E-state index is 0.324. The van der Waals surface area contributed by atoms with Crippen molar-refractivity contribution in [2.45, 2.75) is 31.9 Å². The molecule has 0 aliphatic carbocycles. The van der Waals surface area contributed by atoms with Crippen LogP contribution in [0.15, 0.2) is 0 Å². The van der Waals surface area contributed by atoms with Crippen LogP contribution in [0.1, 0.15) is 27.2 Å². The standard InChI is InChI=1S/C7H16O2S2/c1-7(2,3)11-10-6-4-5-9-8/h8H,4-6H2,1-3H3. The molecule has 2 nitrogen and oxygen atoms in total. The number of hydrogen-bond donors (Lipinski definition) is 1. The molecule has 0 amide bonds. The Kier molecular flexibility index (Phi) is 6.52. The highest BCUT2D eigenvalue weighted by Crippen LogP contribution is 2.35. The molecule has 0 spiro atoms. The summed E-state index contributed by atoms with van der Waals surface area (Å²) in [7, 11) is 3.69. The van der Waals surface area contributed by atoms with E-state index >= 15 is 0 Å². The van der Waals surface area contributed by atoms with E-state index in [1.54, 1.807) is 0 Å². The van der Waals surface area contributed by atoms with Crippen LogP contribution in [-0.4, -0.2) is 22.4 Å². The van der Waals surface area contributed by atoms with Gasteiger partial charge in [0.2, 0.25) is 0 Å². The summed E-state index contributed by atoms with van der Waals surface area (Å²) in [6, 6.07) is 0. The largest absolute Gasteiger partial charge is 0.252 e. The fourth-order valence-corrected chi connectivity index (χ4v) is 2.74. The van der Waals surface area contributed by atoms with E-state index in [4.69, 9.17) is 5.26 Å². The molecule has 1 N–H and O–H groups in total. The summed E-state index contributed by atoms with van der Waals surface area (Å²) in [5, 5.41) is 8.01. The maximum atomic E-state index is 8.01. The predicted octanol–water partition coefficient (Wildman–Crippen LogP) is 3.05. The zero-order chi connectivity index (χ0) is 8.74. The van der Waals surface area contributed by atoms with E-state index in [-0.39, 0.29) is 0 Å². The Labute approximate surface area is 76.4 Å². The van der Waals surface area contributed by atoms with Gasteiger partial charge in [-0.05, 0) is 6.42 Å². The molecule has 11 heavy (non-hydrogen) atoms. The van der Waals surface area contributed by atoms with Crippen molar-refractivity contribution in [3.05, 3.63) is 0 Å². The van der Waals surface area contributed by atoms with Crippen molar-refractivity contribution in [2.75, 3.05) is 12.4 Å². The van der Waals surface area contributed by atoms with Gasteiger partial charge in [0, 0.05) is 10.5 Å². The summed E-state index contributed by atoms with van der Waals surface area (Å²) >= 11 is 0. The first-order chi connectivity index (χ1) is 5.06. The van der Waals surface area contributed by atoms with E-state index < -0.39 is 0 Å². The highest BCUT2D eigenvalue weighted by molar-refractivity contribution is 8.77. The number of hydrogen-bond acceptors (Lipinski definition) is 4. The van der Waals surface area contributed by atoms with Crippen molar-refractivity contribution < 1.29 is 10.1 Å². The van der Waals surface area contributed by atoms with Crippen molar-refractivity contribution in [1.29, 1.82) is 0 Å². The van der Waals surface area contributed by atoms with Gasteiger partial charge in [-0.15, -0.1) is 0 Å². The Hall–Kier alpha value is 0.620. The lowest BCUT2D eigenvalue weighted by atomic mass is 10.3. The summed E-state index contributed by atoms with van der Waals surface area (Å²) in [5.74, 6) is 1.03. The summed E-state index contributed by atoms with van der Waals surface area (Å²) in [4.78, 5) is 3.95. The average molecular weight is 196 g/mol. The monoisotopic (exact) mass is 196 g/mol. The molecule has 0 saturated heterocycles. The molecule has 0 heterocycles. The molecule has 4 heteroatoms. The van der Waals surface area contributed by atoms with Crippen LogP contribution >= 0.6 is 21.6 Å². The Morgan fingerprint density at radius 2 is 2.00 bits per heavy atom. The van der Waals surface area contributed by atoms with E-state index in [0.717, 1.165) is 12.2 Å². The molecular weight excluding hydrogens is 180 g/mol. The van der Waals surface area contributed by atoms with Gasteiger partial charge in [0.15, 0.2) is 0 Å². The highest BCUT2D eigenvalue weighted by Gasteiger charge is 2.09. The molecule has 0 unspecified atom stereocenters. The van der Waals surface area contributed by atoms with Crippen molar-refractivity contribution >= 4 is 21.6 Å². The first kappa shape index (κ1) is 11.6. The van der Waals surface area contributed by atoms with Gasteiger partial charge in [-0.25, -0.2) is 4.89 Å². The quantitative estimate of drug-likeness (QED) is 0.317. The second kappa shape index (κ2) is 6.17. The minimum Gasteiger partial charge on any atom is -0.252 e. The average Bonchev–Trinajstić information content (AvgIpc) is 1.85. The molecular formula is C7H16O2S2. The third-order valence-electron chi connectivity index (χ3n) is 0.772. The fraction of sp³-hybridized carbons (Fsp3) is 1.00. The van der Waals surface area contributed by atoms with Gasteiger partial charge in [-0.1, -0.05) is 42.4 Å². The molecule has 0 bridgehead atoms. The first-order valence-electron chi connectivity index (χ1n) is 3.63. The fourth-order valence-electron chi connectivity index (χ4n) is 0.401. The molecule has 0 aromatic carbocycles. The molecule has 68 valence electrons. The third kappa shape index (κ3) is 10.6. The van der Waals surface area contributed by atoms with Gasteiger partial charge in [-0.2, -0.15) is 0 Å². The van der Waals surface area contributed by atoms with Crippen LogP contribution < -0.4 is 0 Å². The lowest BCUT2D eigenvalue weighted by molar-refractivity contribution is -0.241. The van der Waals surface area contributed by atoms with E-state index in [1.807, 2.05) is 21.6 Å². The molecule has 0 rings (SSSR count). The Morgan fingerprint density at radius 3 is 2.45 bits per heavy atom. The van der Waals surface area contributed by atoms with Crippen molar-refractivity contribution in [1.82, 2.24) is 0 Å². The van der Waals surface area contributed by atoms with Gasteiger partial charge in [0.05, 0.1) is 6.61 Å². The molecule has 0 saturated carbocycles. The van der Waals surface area contributed by atoms with Gasteiger partial charge in [0.25, 0.3) is 0 Å². The maximum Gasteiger partial charge on any atom is 0.0827 e. The Morgan fingerprint density at radius 1 is 1.36 bits per heavy atom. The van der Waals surface area contributed by atoms with E-state index in [9.17, 15) is 0 Å². The zero-order valence-electron chi connectivity index (χ0n) is 7.29. The normalized spacial score (nSPS) is 12.0. The van der Waals surface area contributed by atoms with Crippen LogP contribution in [0.4, 0.5) is 0 Å². The summed E-state index contributed by atoms with van der Waals surface area (Å²) in [6.45, 7) is 7.01. The summed E-state index contributed by atoms with van der Waals surface area (Å²) in [5.41, 5.74) is 0. The highest BCUT2D eigenvalue weighted by atomic mass is 33.1. The SMILES string of the molecule is CC(C)(C)SSCCCOO. The Balaban J connectivity index is 3.02. The van der Waals surface area contributed by atoms with Gasteiger partial charge >= 0.3 is 0 Å². The second-order valence-corrected chi connectivity index (χ2v) is 6.45. The first-order valence-corrected chi connectivity index (χ1v) is 5.95. The zero-order valence-corrected chi connectivity index (χ0v) is 8.93. The van der Waals surface area contributed by atoms with Crippen LogP contribution in [0.2, 0.25) is 0 Å². The van der Waals surface area contributed by atoms with Crippen molar-refractivity contribution in [3.63, 3.8) is 0 Å². The summed E-state index contributed by atoms with van der Waals surface area (Å²) < 4.78 is 0.324. The Bertz CT molecular complexity index is 90.9. The van der Waals surface area contributed by atoms with Crippen LogP contribution in [0, 0.1) is 0 Å². The molecule has 0 atom stereocenters. The lowest BCUT2D eigenvalue weighted by Gasteiger charge is -2.15. The second-order valence-electron chi connectivity index (χ2n) is 3.20. The molecule has 0 radical (unpaired) electrons. The molecule has 0 aromatic rings. The van der Waals surface area contributed by atoms with E-state index in [1.165, 1.54) is 0 Å². The van der Waals surface area contributed by atoms with Gasteiger partial charge in [-0.3, -0.25) is 5.26 Å². The van der Waals surface area contributed by atoms with E-state index in [0.29, 0.717) is 11.4 Å². The third-order valence-corrected chi connectivity index (χ3v) is 4.20. The maximum absolute atomic E-state index is 8.01. The summed E-state index contributed by atoms with van der Waals surface area (Å²) in [6.07, 6.45) is 0.907.